The number of methoxy groups -OCH3 is 4. The smallest absolute Gasteiger partial charge is 0.326 e. The van der Waals surface area contributed by atoms with E-state index in [1.54, 1.807) is 76.0 Å². The molecule has 2 aromatic carbocycles. The van der Waals surface area contributed by atoms with Crippen LogP contribution in [0.4, 0.5) is 8.78 Å². The number of carbonyl (C=O) groups excluding carboxylic acids is 11. The number of likely N-dealkylation sites (N-methyl/N-ethyl adjacent to an activating group) is 4. The second-order valence-corrected chi connectivity index (χ2v) is 36.0. The number of imide groups is 1. The van der Waals surface area contributed by atoms with Crippen molar-refractivity contribution < 1.29 is 100 Å². The number of nitrogens with one attached hydrogen (secondary N) is 3. The minimum absolute atomic E-state index is 0.00949. The first-order valence-electron chi connectivity index (χ1n) is 43.8. The molecular formula is C92H141F2N9O19. The van der Waals surface area contributed by atoms with Gasteiger partial charge in [-0.2, -0.15) is 0 Å². The highest BCUT2D eigenvalue weighted by Gasteiger charge is 2.59. The Balaban J connectivity index is 0.000000388. The van der Waals surface area contributed by atoms with Crippen LogP contribution in [-0.4, -0.2) is 264 Å². The van der Waals surface area contributed by atoms with Gasteiger partial charge in [-0.3, -0.25) is 57.6 Å². The summed E-state index contributed by atoms with van der Waals surface area (Å²) in [6.45, 7) is 26.9. The summed E-state index contributed by atoms with van der Waals surface area (Å²) in [5.41, 5.74) is 0.323. The summed E-state index contributed by atoms with van der Waals surface area (Å²) >= 11 is 0. The van der Waals surface area contributed by atoms with E-state index in [4.69, 9.17) is 18.9 Å². The van der Waals surface area contributed by atoms with Gasteiger partial charge in [-0.05, 0) is 116 Å². The molecule has 5 N–H and O–H groups in total. The number of carboxylic acid groups (broad SMARTS) is 2. The van der Waals surface area contributed by atoms with Gasteiger partial charge in [0.2, 0.25) is 41.4 Å². The molecule has 28 nitrogen and oxygen atoms in total. The fourth-order valence-corrected chi connectivity index (χ4v) is 18.8. The van der Waals surface area contributed by atoms with Crippen LogP contribution in [0.15, 0.2) is 60.7 Å². The Kier molecular flexibility index (Phi) is 39.5. The van der Waals surface area contributed by atoms with E-state index in [1.807, 2.05) is 88.0 Å². The number of carboxylic acids is 2. The fraction of sp³-hybridized carbons (Fsp3) is 0.707. The van der Waals surface area contributed by atoms with Gasteiger partial charge in [-0.25, -0.2) is 18.4 Å². The first kappa shape index (κ1) is 102. The number of fused-ring (bicyclic) bond motifs is 2. The maximum Gasteiger partial charge on any atom is 0.326 e. The highest BCUT2D eigenvalue weighted by atomic mass is 19.1. The third kappa shape index (κ3) is 26.1. The Morgan fingerprint density at radius 2 is 0.902 bits per heavy atom. The van der Waals surface area contributed by atoms with E-state index < -0.39 is 126 Å². The normalized spacial score (nSPS) is 21.7. The first-order valence-corrected chi connectivity index (χ1v) is 43.8. The zero-order valence-electron chi connectivity index (χ0n) is 76.1. The van der Waals surface area contributed by atoms with Crippen LogP contribution in [0.2, 0.25) is 0 Å². The van der Waals surface area contributed by atoms with Gasteiger partial charge in [-0.1, -0.05) is 153 Å². The molecule has 0 spiro atoms. The molecule has 4 fully saturated rings. The summed E-state index contributed by atoms with van der Waals surface area (Å²) in [5.74, 6) is -10.1. The Morgan fingerprint density at radius 1 is 0.508 bits per heavy atom. The van der Waals surface area contributed by atoms with Gasteiger partial charge in [0.15, 0.2) is 11.6 Å². The van der Waals surface area contributed by atoms with Crippen LogP contribution in [0.25, 0.3) is 0 Å². The number of aliphatic carboxylic acids is 2. The van der Waals surface area contributed by atoms with Crippen molar-refractivity contribution >= 4 is 76.7 Å². The molecule has 0 aromatic heterocycles. The molecule has 122 heavy (non-hydrogen) atoms. The van der Waals surface area contributed by atoms with E-state index in [0.29, 0.717) is 38.5 Å². The number of hydrogen-bond acceptors (Lipinski definition) is 18. The molecule has 682 valence electrons. The summed E-state index contributed by atoms with van der Waals surface area (Å²) in [6, 6.07) is 5.67. The van der Waals surface area contributed by atoms with E-state index in [1.165, 1.54) is 79.7 Å². The second kappa shape index (κ2) is 47.0. The lowest BCUT2D eigenvalue weighted by Gasteiger charge is -2.41. The molecule has 3 aliphatic heterocycles. The molecule has 3 heterocycles. The number of benzene rings is 2. The van der Waals surface area contributed by atoms with Crippen LogP contribution < -0.4 is 16.0 Å². The van der Waals surface area contributed by atoms with Gasteiger partial charge < -0.3 is 69.6 Å². The van der Waals surface area contributed by atoms with E-state index in [0.717, 1.165) is 19.3 Å². The summed E-state index contributed by atoms with van der Waals surface area (Å²) in [4.78, 5) is 184. The Labute approximate surface area is 721 Å². The van der Waals surface area contributed by atoms with Gasteiger partial charge in [0, 0.05) is 124 Å². The standard InChI is InChI=1S/C51H76FN5O11.C41H65FN4O8/c1-12-31(6)47(55(9)50(64)35(29(2)3)27-40(58)46(30(4)5)54(8)42(59)20-14-13-17-23-56-43(60)21-22-44(56)61)41(67-10)28-45(62)57-38-25-34(38)26-39(57)48(68-11)32(7)49(63)53-37(51(65)66)24-33-18-15-16-19-36(33)52;1-12-24(6)37(45(9)40(50)28(22(2)3)20-33(47)36(43-8)23(4)5)34(53-10)21-35(48)46-31-18-27(31)19-32(46)38(54-11)25(7)39(49)44-30(41(51)52)17-26-15-13-14-16-29(26)42/h15-16,18-19,21-22,29-32,34-35,37-39,41,46-48H,12-14,17,20,23-28H2,1-11H3,(H,53,63)(H,65,66);13-16,22-25,27-28,30-32,34,36-38,43H,12,17-21H2,1-11H3,(H,44,49)(H,51,52)/t31-,32+,34-,35-,37-,38-,39-,41+,46-,47-,48+;24-,25+,27-,28-,30-,31-,32-,34+,36-,37-,38+/m00/s1. The number of likely N-dealkylation sites (tertiary alicyclic amines) is 2. The molecular weight excluding hydrogens is 1570 g/mol. The van der Waals surface area contributed by atoms with Crippen molar-refractivity contribution in [2.45, 2.75) is 284 Å². The molecule has 0 bridgehead atoms. The number of amides is 9. The van der Waals surface area contributed by atoms with Gasteiger partial charge in [-0.15, -0.1) is 0 Å². The average molecular weight is 1720 g/mol. The molecule has 0 unspecified atom stereocenters. The lowest BCUT2D eigenvalue weighted by Crippen LogP contribution is -2.55. The maximum absolute atomic E-state index is 14.7. The number of carbonyl (C=O) groups is 13. The minimum atomic E-state index is -1.40. The highest BCUT2D eigenvalue weighted by Crippen LogP contribution is 2.52. The third-order valence-electron chi connectivity index (χ3n) is 26.5. The lowest BCUT2D eigenvalue weighted by atomic mass is 9.83. The number of nitrogens with zero attached hydrogens (tertiary/aromatic N) is 6. The molecule has 7 rings (SSSR count). The number of ketones is 2. The predicted octanol–water partition coefficient (Wildman–Crippen LogP) is 9.39. The number of halogens is 2. The van der Waals surface area contributed by atoms with Crippen molar-refractivity contribution in [3.8, 4) is 0 Å². The van der Waals surface area contributed by atoms with Crippen molar-refractivity contribution in [2.24, 2.45) is 71.0 Å². The highest BCUT2D eigenvalue weighted by molar-refractivity contribution is 6.12. The molecule has 9 amide bonds. The van der Waals surface area contributed by atoms with Crippen LogP contribution in [0.1, 0.15) is 198 Å². The van der Waals surface area contributed by atoms with Crippen LogP contribution in [0, 0.1) is 82.6 Å². The summed E-state index contributed by atoms with van der Waals surface area (Å²) < 4.78 is 52.7. The molecule has 0 radical (unpaired) electrons. The van der Waals surface area contributed by atoms with Crippen molar-refractivity contribution in [3.63, 3.8) is 0 Å². The molecule has 2 saturated heterocycles. The Bertz CT molecular complexity index is 3940. The second-order valence-electron chi connectivity index (χ2n) is 36.0. The monoisotopic (exact) mass is 1710 g/mol. The number of rotatable bonds is 50. The third-order valence-corrected chi connectivity index (χ3v) is 26.5. The van der Waals surface area contributed by atoms with E-state index in [2.05, 4.69) is 16.0 Å². The number of ether oxygens (including phenoxy) is 4. The van der Waals surface area contributed by atoms with Crippen LogP contribution in [0.3, 0.4) is 0 Å². The fourth-order valence-electron chi connectivity index (χ4n) is 18.8. The molecule has 5 aliphatic rings. The molecule has 22 atom stereocenters. The van der Waals surface area contributed by atoms with Crippen molar-refractivity contribution in [3.05, 3.63) is 83.4 Å². The van der Waals surface area contributed by atoms with Crippen LogP contribution in [-0.2, 0) is 94.1 Å². The lowest BCUT2D eigenvalue weighted by molar-refractivity contribution is -0.150. The van der Waals surface area contributed by atoms with Crippen molar-refractivity contribution in [1.29, 1.82) is 0 Å². The average Bonchev–Trinajstić information content (AvgIpc) is 1.58. The van der Waals surface area contributed by atoms with Gasteiger partial charge >= 0.3 is 11.9 Å². The zero-order chi connectivity index (χ0) is 91.3. The van der Waals surface area contributed by atoms with Crippen LogP contribution in [0.5, 0.6) is 0 Å². The number of hydrogen-bond donors (Lipinski definition) is 5. The molecule has 30 heteroatoms. The van der Waals surface area contributed by atoms with Gasteiger partial charge in [0.1, 0.15) is 23.7 Å². The molecule has 2 saturated carbocycles. The molecule has 2 aromatic rings. The minimum Gasteiger partial charge on any atom is -0.480 e. The topological polar surface area (TPSA) is 355 Å². The largest absolute Gasteiger partial charge is 0.480 e. The molecule has 2 aliphatic carbocycles. The predicted molar refractivity (Wildman–Crippen MR) is 456 cm³/mol. The summed E-state index contributed by atoms with van der Waals surface area (Å²) in [5, 5.41) is 28.0. The van der Waals surface area contributed by atoms with Crippen LogP contribution >= 0.6 is 0 Å². The number of piperidine rings is 2. The van der Waals surface area contributed by atoms with Crippen molar-refractivity contribution in [2.75, 3.05) is 63.2 Å². The number of unbranched alkanes of at least 4 members (excludes halogenated alkanes) is 2. The first-order chi connectivity index (χ1) is 57.5. The zero-order valence-corrected chi connectivity index (χ0v) is 76.1. The quantitative estimate of drug-likeness (QED) is 0.0304. The van der Waals surface area contributed by atoms with E-state index >= 15 is 0 Å². The Morgan fingerprint density at radius 3 is 1.24 bits per heavy atom. The summed E-state index contributed by atoms with van der Waals surface area (Å²) in [6.07, 6.45) is 5.06. The maximum atomic E-state index is 14.7. The van der Waals surface area contributed by atoms with Crippen molar-refractivity contribution in [1.82, 2.24) is 45.3 Å². The van der Waals surface area contributed by atoms with Gasteiger partial charge in [0.25, 0.3) is 11.8 Å². The number of Topliss-reactive ketones (excluding diaryl/α,β-unsaturated/α-hetero) is 2. The van der Waals surface area contributed by atoms with Gasteiger partial charge in [0.05, 0.1) is 85.3 Å². The SMILES string of the molecule is CC[C@H](C)[C@@H]([C@@H](CC(=O)N1[C@H]2C[C@H]2C[C@H]1[C@H](OC)[C@@H](C)C(=O)N[C@@H](Cc1ccccc1F)C(=O)O)OC)N(C)C(=O)[C@@H](CC(=O)[C@@H](NC)C(C)C)C(C)C.CC[C@H](C)[C@@H]([C@@H](CC(=O)N1[C@H]2C[C@H]2C[C@H]1[C@H](OC)[C@@H](C)C(=O)N[C@@H](Cc1ccccc1F)C(=O)O)OC)N(C)C(=O)[C@@H](CC(=O)[C@H](C(C)C)N(C)C(=O)CCCCCN1C(=O)C=CC1=O)C(C)C. The van der Waals surface area contributed by atoms with E-state index in [9.17, 15) is 81.3 Å². The van der Waals surface area contributed by atoms with E-state index in [-0.39, 0.29) is 181 Å². The Hall–Kier alpha value is -8.45. The summed E-state index contributed by atoms with van der Waals surface area (Å²) in [7, 11) is 12.8.